The first kappa shape index (κ1) is 26.4. The van der Waals surface area contributed by atoms with E-state index >= 15 is 0 Å². The fourth-order valence-electron chi connectivity index (χ4n) is 2.30. The minimum Gasteiger partial charge on any atom is -0.357 e. The van der Waals surface area contributed by atoms with Crippen molar-refractivity contribution in [2.45, 2.75) is 43.4 Å². The van der Waals surface area contributed by atoms with Crippen LogP contribution >= 0.6 is 35.3 Å². The van der Waals surface area contributed by atoms with Crippen LogP contribution in [0, 0.1) is 0 Å². The van der Waals surface area contributed by atoms with Gasteiger partial charge in [0.1, 0.15) is 4.21 Å². The Morgan fingerprint density at radius 1 is 1.26 bits per heavy atom. The molecule has 0 spiro atoms. The lowest BCUT2D eigenvalue weighted by Gasteiger charge is -2.22. The minimum atomic E-state index is -3.37. The highest BCUT2D eigenvalue weighted by Gasteiger charge is 2.19. The van der Waals surface area contributed by atoms with Gasteiger partial charge in [-0.1, -0.05) is 12.5 Å². The summed E-state index contributed by atoms with van der Waals surface area (Å²) in [6.07, 6.45) is 6.48. The van der Waals surface area contributed by atoms with E-state index in [1.165, 1.54) is 28.5 Å². The highest BCUT2D eigenvalue weighted by Crippen LogP contribution is 2.24. The first-order valence-electron chi connectivity index (χ1n) is 8.94. The Bertz CT molecular complexity index is 687. The number of hydrogen-bond donors (Lipinski definition) is 1. The summed E-state index contributed by atoms with van der Waals surface area (Å²) in [5, 5.41) is 3.30. The quantitative estimate of drug-likeness (QED) is 0.156. The summed E-state index contributed by atoms with van der Waals surface area (Å²) in [6, 6.07) is 3.49. The van der Waals surface area contributed by atoms with Crippen LogP contribution in [-0.2, 0) is 16.6 Å². The Balaban J connectivity index is 0.00000676. The molecule has 0 aromatic carbocycles. The predicted octanol–water partition coefficient (Wildman–Crippen LogP) is 3.76. The molecule has 27 heavy (non-hydrogen) atoms. The first-order valence-corrected chi connectivity index (χ1v) is 11.2. The molecule has 1 aromatic rings. The number of rotatable bonds is 11. The maximum absolute atomic E-state index is 12.2. The first-order chi connectivity index (χ1) is 12.3. The number of unbranched alkanes of at least 4 members (excludes halogenated alkanes) is 3. The molecule has 6 nitrogen and oxygen atoms in total. The Kier molecular flexibility index (Phi) is 13.2. The van der Waals surface area contributed by atoms with Crippen molar-refractivity contribution in [3.8, 4) is 0 Å². The van der Waals surface area contributed by atoms with Crippen LogP contribution in [0.1, 0.15) is 37.5 Å². The summed E-state index contributed by atoms with van der Waals surface area (Å²) < 4.78 is 25.9. The molecule has 0 saturated carbocycles. The van der Waals surface area contributed by atoms with Crippen molar-refractivity contribution in [2.24, 2.45) is 4.99 Å². The van der Waals surface area contributed by atoms with E-state index < -0.39 is 10.0 Å². The van der Waals surface area contributed by atoms with E-state index in [9.17, 15) is 8.42 Å². The van der Waals surface area contributed by atoms with Crippen molar-refractivity contribution in [1.29, 1.82) is 0 Å². The molecule has 9 heteroatoms. The number of halogens is 1. The van der Waals surface area contributed by atoms with Crippen molar-refractivity contribution in [2.75, 3.05) is 34.2 Å². The Morgan fingerprint density at radius 2 is 1.96 bits per heavy atom. The molecule has 0 aliphatic heterocycles. The molecule has 0 radical (unpaired) electrons. The number of aliphatic imine (C=N–C) groups is 1. The summed E-state index contributed by atoms with van der Waals surface area (Å²) >= 11 is 1.27. The molecular formula is C18H33IN4O2S2. The molecule has 0 saturated heterocycles. The number of nitrogens with zero attached hydrogens (tertiary/aromatic N) is 3. The van der Waals surface area contributed by atoms with E-state index in [0.29, 0.717) is 10.8 Å². The standard InChI is InChI=1S/C18H32N4O2S2.HI/c1-6-8-9-10-11-14-22(5)18(19-7-2)20-15-16-12-13-17(25-16)26(23,24)21(3)4;/h6,12-13H,1,7-11,14-15H2,2-5H3,(H,19,20);1H. The van der Waals surface area contributed by atoms with Crippen LogP contribution in [0.15, 0.2) is 34.0 Å². The molecule has 1 rings (SSSR count). The molecule has 1 aromatic heterocycles. The number of thiophene rings is 1. The zero-order valence-corrected chi connectivity index (χ0v) is 20.7. The molecule has 156 valence electrons. The monoisotopic (exact) mass is 528 g/mol. The van der Waals surface area contributed by atoms with E-state index in [1.807, 2.05) is 26.1 Å². The molecular weight excluding hydrogens is 495 g/mol. The zero-order chi connectivity index (χ0) is 19.6. The fourth-order valence-corrected chi connectivity index (χ4v) is 4.75. The van der Waals surface area contributed by atoms with Gasteiger partial charge in [0.05, 0.1) is 6.54 Å². The molecule has 0 bridgehead atoms. The molecule has 1 heterocycles. The highest BCUT2D eigenvalue weighted by molar-refractivity contribution is 14.0. The van der Waals surface area contributed by atoms with Crippen molar-refractivity contribution >= 4 is 51.3 Å². The molecule has 0 aliphatic rings. The van der Waals surface area contributed by atoms with Gasteiger partial charge in [0.2, 0.25) is 0 Å². The normalized spacial score (nSPS) is 12.0. The number of guanidine groups is 1. The largest absolute Gasteiger partial charge is 0.357 e. The smallest absolute Gasteiger partial charge is 0.252 e. The molecule has 0 atom stereocenters. The summed E-state index contributed by atoms with van der Waals surface area (Å²) in [7, 11) is 1.75. The predicted molar refractivity (Wildman–Crippen MR) is 127 cm³/mol. The third-order valence-corrected chi connectivity index (χ3v) is 7.21. The molecule has 0 unspecified atom stereocenters. The lowest BCUT2D eigenvalue weighted by atomic mass is 10.2. The summed E-state index contributed by atoms with van der Waals surface area (Å²) in [6.45, 7) is 7.99. The van der Waals surface area contributed by atoms with Gasteiger partial charge in [-0.2, -0.15) is 0 Å². The Morgan fingerprint density at radius 3 is 2.56 bits per heavy atom. The lowest BCUT2D eigenvalue weighted by molar-refractivity contribution is 0.455. The van der Waals surface area contributed by atoms with E-state index in [0.717, 1.165) is 36.8 Å². The second-order valence-corrected chi connectivity index (χ2v) is 9.78. The molecule has 0 aliphatic carbocycles. The SMILES string of the molecule is C=CCCCCCN(C)C(=NCc1ccc(S(=O)(=O)N(C)C)s1)NCC.I. The molecule has 0 amide bonds. The van der Waals surface area contributed by atoms with Gasteiger partial charge in [0, 0.05) is 39.1 Å². The van der Waals surface area contributed by atoms with Crippen LogP contribution < -0.4 is 5.32 Å². The van der Waals surface area contributed by atoms with Crippen LogP contribution in [-0.4, -0.2) is 57.8 Å². The van der Waals surface area contributed by atoms with Crippen LogP contribution in [0.25, 0.3) is 0 Å². The van der Waals surface area contributed by atoms with Gasteiger partial charge in [-0.15, -0.1) is 41.9 Å². The average Bonchev–Trinajstić information content (AvgIpc) is 3.07. The molecule has 0 fully saturated rings. The zero-order valence-electron chi connectivity index (χ0n) is 16.8. The summed E-state index contributed by atoms with van der Waals surface area (Å²) in [5.74, 6) is 0.849. The van der Waals surface area contributed by atoms with Gasteiger partial charge in [-0.05, 0) is 38.3 Å². The number of sulfonamides is 1. The number of hydrogen-bond acceptors (Lipinski definition) is 4. The average molecular weight is 529 g/mol. The maximum Gasteiger partial charge on any atom is 0.252 e. The van der Waals surface area contributed by atoms with Gasteiger partial charge < -0.3 is 10.2 Å². The van der Waals surface area contributed by atoms with Crippen LogP contribution in [0.4, 0.5) is 0 Å². The number of allylic oxidation sites excluding steroid dienone is 1. The van der Waals surface area contributed by atoms with Gasteiger partial charge in [0.15, 0.2) is 5.96 Å². The van der Waals surface area contributed by atoms with E-state index in [1.54, 1.807) is 20.2 Å². The third kappa shape index (κ3) is 8.93. The van der Waals surface area contributed by atoms with E-state index in [2.05, 4.69) is 21.8 Å². The summed E-state index contributed by atoms with van der Waals surface area (Å²) in [4.78, 5) is 7.71. The van der Waals surface area contributed by atoms with Crippen LogP contribution in [0.5, 0.6) is 0 Å². The fraction of sp³-hybridized carbons (Fsp3) is 0.611. The van der Waals surface area contributed by atoms with Gasteiger partial charge in [0.25, 0.3) is 10.0 Å². The topological polar surface area (TPSA) is 65.0 Å². The second-order valence-electron chi connectivity index (χ2n) is 6.24. The highest BCUT2D eigenvalue weighted by atomic mass is 127. The summed E-state index contributed by atoms with van der Waals surface area (Å²) in [5.41, 5.74) is 0. The maximum atomic E-state index is 12.2. The van der Waals surface area contributed by atoms with Gasteiger partial charge in [-0.3, -0.25) is 0 Å². The Hall–Kier alpha value is -0.650. The Labute approximate surface area is 185 Å². The minimum absolute atomic E-state index is 0. The van der Waals surface area contributed by atoms with E-state index in [4.69, 9.17) is 0 Å². The van der Waals surface area contributed by atoms with Crippen molar-refractivity contribution in [3.05, 3.63) is 29.7 Å². The lowest BCUT2D eigenvalue weighted by Crippen LogP contribution is -2.39. The second kappa shape index (κ2) is 13.5. The van der Waals surface area contributed by atoms with Gasteiger partial charge in [-0.25, -0.2) is 17.7 Å². The van der Waals surface area contributed by atoms with Gasteiger partial charge >= 0.3 is 0 Å². The number of nitrogens with one attached hydrogen (secondary N) is 1. The molecule has 1 N–H and O–H groups in total. The van der Waals surface area contributed by atoms with E-state index in [-0.39, 0.29) is 24.0 Å². The van der Waals surface area contributed by atoms with Crippen molar-refractivity contribution < 1.29 is 8.42 Å². The third-order valence-electron chi connectivity index (χ3n) is 3.85. The van der Waals surface area contributed by atoms with Crippen LogP contribution in [0.3, 0.4) is 0 Å². The van der Waals surface area contributed by atoms with Crippen molar-refractivity contribution in [1.82, 2.24) is 14.5 Å². The van der Waals surface area contributed by atoms with Crippen molar-refractivity contribution in [3.63, 3.8) is 0 Å². The van der Waals surface area contributed by atoms with Crippen LogP contribution in [0.2, 0.25) is 0 Å².